The molecule has 0 spiro atoms. The van der Waals surface area contributed by atoms with Gasteiger partial charge in [-0.1, -0.05) is 72.3 Å². The second kappa shape index (κ2) is 8.47. The van der Waals surface area contributed by atoms with Crippen LogP contribution in [0.4, 0.5) is 5.69 Å². The van der Waals surface area contributed by atoms with Crippen LogP contribution in [0.5, 0.6) is 0 Å². The first-order valence-electron chi connectivity index (χ1n) is 8.35. The summed E-state index contributed by atoms with van der Waals surface area (Å²) in [5, 5.41) is 11.3. The number of hydrogen-bond donors (Lipinski definition) is 0. The lowest BCUT2D eigenvalue weighted by Crippen LogP contribution is -2.30. The average molecular weight is 381 g/mol. The van der Waals surface area contributed by atoms with Gasteiger partial charge in [-0.3, -0.25) is 14.9 Å². The molecule has 0 fully saturated rings. The molecule has 3 rings (SSSR count). The summed E-state index contributed by atoms with van der Waals surface area (Å²) in [5.41, 5.74) is 1.88. The average Bonchev–Trinajstić information content (AvgIpc) is 2.69. The number of carbonyl (C=O) groups is 1. The maximum atomic E-state index is 13.2. The predicted octanol–water partition coefficient (Wildman–Crippen LogP) is 5.09. The Morgan fingerprint density at radius 1 is 0.889 bits per heavy atom. The van der Waals surface area contributed by atoms with E-state index >= 15 is 0 Å². The highest BCUT2D eigenvalue weighted by molar-refractivity contribution is 6.33. The standard InChI is InChI=1S/C21H17ClN2O3/c22-20-12-11-18(24(26)27)13-19(20)21(25)23(14-16-7-3-1-4-8-16)15-17-9-5-2-6-10-17/h1-13H,14-15H2. The van der Waals surface area contributed by atoms with Gasteiger partial charge in [-0.05, 0) is 17.2 Å². The minimum absolute atomic E-state index is 0.123. The molecular formula is C21H17ClN2O3. The molecule has 0 bridgehead atoms. The van der Waals surface area contributed by atoms with E-state index in [4.69, 9.17) is 11.6 Å². The van der Waals surface area contributed by atoms with Crippen LogP contribution in [0.3, 0.4) is 0 Å². The largest absolute Gasteiger partial charge is 0.330 e. The number of nitrogens with zero attached hydrogens (tertiary/aromatic N) is 2. The van der Waals surface area contributed by atoms with Crippen molar-refractivity contribution in [3.8, 4) is 0 Å². The number of halogens is 1. The lowest BCUT2D eigenvalue weighted by molar-refractivity contribution is -0.384. The van der Waals surface area contributed by atoms with Gasteiger partial charge in [0.05, 0.1) is 15.5 Å². The van der Waals surface area contributed by atoms with Crippen LogP contribution < -0.4 is 0 Å². The van der Waals surface area contributed by atoms with Gasteiger partial charge in [0.1, 0.15) is 0 Å². The van der Waals surface area contributed by atoms with Crippen LogP contribution in [0, 0.1) is 10.1 Å². The van der Waals surface area contributed by atoms with E-state index in [-0.39, 0.29) is 22.2 Å². The van der Waals surface area contributed by atoms with Crippen molar-refractivity contribution in [3.05, 3.63) is 111 Å². The zero-order chi connectivity index (χ0) is 19.2. The van der Waals surface area contributed by atoms with Crippen LogP contribution in [0.25, 0.3) is 0 Å². The fraction of sp³-hybridized carbons (Fsp3) is 0.0952. The highest BCUT2D eigenvalue weighted by atomic mass is 35.5. The van der Waals surface area contributed by atoms with E-state index < -0.39 is 4.92 Å². The SMILES string of the molecule is O=C(c1cc([N+](=O)[O-])ccc1Cl)N(Cc1ccccc1)Cc1ccccc1. The number of nitro benzene ring substituents is 1. The molecule has 3 aromatic rings. The minimum Gasteiger partial charge on any atom is -0.330 e. The Morgan fingerprint density at radius 2 is 1.41 bits per heavy atom. The maximum Gasteiger partial charge on any atom is 0.270 e. The van der Waals surface area contributed by atoms with Crippen molar-refractivity contribution in [1.82, 2.24) is 4.90 Å². The molecule has 0 aliphatic heterocycles. The second-order valence-electron chi connectivity index (χ2n) is 6.05. The van der Waals surface area contributed by atoms with Crippen LogP contribution in [-0.2, 0) is 13.1 Å². The van der Waals surface area contributed by atoms with Crippen LogP contribution in [0.15, 0.2) is 78.9 Å². The summed E-state index contributed by atoms with van der Waals surface area (Å²) >= 11 is 6.18. The van der Waals surface area contributed by atoms with Crippen LogP contribution in [0.2, 0.25) is 5.02 Å². The monoisotopic (exact) mass is 380 g/mol. The summed E-state index contributed by atoms with van der Waals surface area (Å²) in [5.74, 6) is -0.351. The van der Waals surface area contributed by atoms with Gasteiger partial charge in [-0.2, -0.15) is 0 Å². The van der Waals surface area contributed by atoms with Crippen molar-refractivity contribution in [3.63, 3.8) is 0 Å². The molecule has 6 heteroatoms. The first kappa shape index (κ1) is 18.6. The second-order valence-corrected chi connectivity index (χ2v) is 6.46. The Bertz CT molecular complexity index is 905. The molecule has 5 nitrogen and oxygen atoms in total. The summed E-state index contributed by atoms with van der Waals surface area (Å²) in [4.78, 5) is 25.3. The summed E-state index contributed by atoms with van der Waals surface area (Å²) < 4.78 is 0. The third-order valence-corrected chi connectivity index (χ3v) is 4.44. The van der Waals surface area contributed by atoms with E-state index in [2.05, 4.69) is 0 Å². The molecule has 0 heterocycles. The Labute approximate surface area is 162 Å². The van der Waals surface area contributed by atoms with Gasteiger partial charge in [0.25, 0.3) is 11.6 Å². The van der Waals surface area contributed by atoms with E-state index in [0.717, 1.165) is 11.1 Å². The topological polar surface area (TPSA) is 63.4 Å². The molecule has 27 heavy (non-hydrogen) atoms. The first-order valence-corrected chi connectivity index (χ1v) is 8.73. The van der Waals surface area contributed by atoms with E-state index in [1.54, 1.807) is 4.90 Å². The molecule has 0 atom stereocenters. The number of non-ortho nitro benzene ring substituents is 1. The third kappa shape index (κ3) is 4.71. The Morgan fingerprint density at radius 3 is 1.89 bits per heavy atom. The molecule has 0 aliphatic rings. The van der Waals surface area contributed by atoms with E-state index in [9.17, 15) is 14.9 Å². The quantitative estimate of drug-likeness (QED) is 0.442. The van der Waals surface area contributed by atoms with Crippen LogP contribution >= 0.6 is 11.6 Å². The fourth-order valence-electron chi connectivity index (χ4n) is 2.77. The lowest BCUT2D eigenvalue weighted by atomic mass is 10.1. The van der Waals surface area contributed by atoms with Gasteiger partial charge in [0.15, 0.2) is 0 Å². The number of rotatable bonds is 6. The van der Waals surface area contributed by atoms with Crippen LogP contribution in [-0.4, -0.2) is 15.7 Å². The van der Waals surface area contributed by atoms with Gasteiger partial charge < -0.3 is 4.90 Å². The van der Waals surface area contributed by atoms with Crippen molar-refractivity contribution < 1.29 is 9.72 Å². The van der Waals surface area contributed by atoms with Gasteiger partial charge >= 0.3 is 0 Å². The van der Waals surface area contributed by atoms with Gasteiger partial charge in [0, 0.05) is 25.2 Å². The number of carbonyl (C=O) groups excluding carboxylic acids is 1. The lowest BCUT2D eigenvalue weighted by Gasteiger charge is -2.23. The smallest absolute Gasteiger partial charge is 0.270 e. The summed E-state index contributed by atoms with van der Waals surface area (Å²) in [6.45, 7) is 0.737. The van der Waals surface area contributed by atoms with Crippen LogP contribution in [0.1, 0.15) is 21.5 Å². The number of amides is 1. The first-order chi connectivity index (χ1) is 13.0. The molecule has 1 amide bonds. The number of nitro groups is 1. The normalized spacial score (nSPS) is 10.4. The maximum absolute atomic E-state index is 13.2. The van der Waals surface area contributed by atoms with Crippen molar-refractivity contribution in [2.24, 2.45) is 0 Å². The molecule has 0 N–H and O–H groups in total. The molecule has 0 aromatic heterocycles. The number of hydrogen-bond acceptors (Lipinski definition) is 3. The van der Waals surface area contributed by atoms with Crippen molar-refractivity contribution in [2.45, 2.75) is 13.1 Å². The Balaban J connectivity index is 1.95. The van der Waals surface area contributed by atoms with Crippen molar-refractivity contribution >= 4 is 23.2 Å². The van der Waals surface area contributed by atoms with Crippen molar-refractivity contribution in [2.75, 3.05) is 0 Å². The zero-order valence-electron chi connectivity index (χ0n) is 14.4. The summed E-state index contributed by atoms with van der Waals surface area (Å²) in [6, 6.07) is 23.1. The summed E-state index contributed by atoms with van der Waals surface area (Å²) in [6.07, 6.45) is 0. The molecule has 0 saturated heterocycles. The highest BCUT2D eigenvalue weighted by Gasteiger charge is 2.22. The molecule has 136 valence electrons. The molecule has 0 radical (unpaired) electrons. The third-order valence-electron chi connectivity index (χ3n) is 4.11. The molecule has 0 saturated carbocycles. The Hall–Kier alpha value is -3.18. The molecule has 0 aliphatic carbocycles. The van der Waals surface area contributed by atoms with E-state index in [0.29, 0.717) is 13.1 Å². The van der Waals surface area contributed by atoms with Gasteiger partial charge in [0.2, 0.25) is 0 Å². The summed E-state index contributed by atoms with van der Waals surface area (Å²) in [7, 11) is 0. The van der Waals surface area contributed by atoms with Crippen molar-refractivity contribution in [1.29, 1.82) is 0 Å². The highest BCUT2D eigenvalue weighted by Crippen LogP contribution is 2.25. The molecular weight excluding hydrogens is 364 g/mol. The van der Waals surface area contributed by atoms with Gasteiger partial charge in [-0.15, -0.1) is 0 Å². The predicted molar refractivity (Wildman–Crippen MR) is 105 cm³/mol. The minimum atomic E-state index is -0.536. The van der Waals surface area contributed by atoms with Gasteiger partial charge in [-0.25, -0.2) is 0 Å². The molecule has 3 aromatic carbocycles. The van der Waals surface area contributed by atoms with E-state index in [1.807, 2.05) is 60.7 Å². The zero-order valence-corrected chi connectivity index (χ0v) is 15.2. The number of benzene rings is 3. The molecule has 0 unspecified atom stereocenters. The van der Waals surface area contributed by atoms with E-state index in [1.165, 1.54) is 18.2 Å². The fourth-order valence-corrected chi connectivity index (χ4v) is 2.97. The Kier molecular flexibility index (Phi) is 5.84.